The number of amides is 1. The molecule has 2 heterocycles. The SMILES string of the molecule is COc1cc(C)c(/C(O)=C2\C(=O)C(=O)N(c3cc(C)ccc3C)C2c2ccc(C)o2)cc1C. The van der Waals surface area contributed by atoms with E-state index in [0.29, 0.717) is 28.5 Å². The Hall–Kier alpha value is -3.80. The highest BCUT2D eigenvalue weighted by Gasteiger charge is 2.49. The maximum absolute atomic E-state index is 13.3. The first kappa shape index (κ1) is 22.4. The van der Waals surface area contributed by atoms with Gasteiger partial charge in [0.25, 0.3) is 11.7 Å². The van der Waals surface area contributed by atoms with Crippen LogP contribution in [0, 0.1) is 34.6 Å². The van der Waals surface area contributed by atoms with Crippen molar-refractivity contribution in [2.45, 2.75) is 40.7 Å². The van der Waals surface area contributed by atoms with E-state index in [-0.39, 0.29) is 11.3 Å². The van der Waals surface area contributed by atoms with Crippen LogP contribution in [0.4, 0.5) is 5.69 Å². The average Bonchev–Trinajstić information content (AvgIpc) is 3.31. The van der Waals surface area contributed by atoms with Crippen LogP contribution < -0.4 is 9.64 Å². The molecule has 0 bridgehead atoms. The first-order valence-electron chi connectivity index (χ1n) is 10.7. The van der Waals surface area contributed by atoms with E-state index in [1.54, 1.807) is 38.3 Å². The van der Waals surface area contributed by atoms with E-state index in [2.05, 4.69) is 0 Å². The lowest BCUT2D eigenvalue weighted by Gasteiger charge is -2.25. The second-order valence-corrected chi connectivity index (χ2v) is 8.54. The standard InChI is InChI=1S/C27H27NO5/c1-14-7-8-15(2)20(11-14)28-24(21-10-9-18(5)33-21)23(26(30)27(28)31)25(29)19-12-17(4)22(32-6)13-16(19)3/h7-13,24,29H,1-6H3/b25-23+. The molecule has 3 aromatic rings. The molecule has 33 heavy (non-hydrogen) atoms. The van der Waals surface area contributed by atoms with Crippen molar-refractivity contribution in [3.63, 3.8) is 0 Å². The minimum absolute atomic E-state index is 0.00271. The van der Waals surface area contributed by atoms with E-state index in [9.17, 15) is 14.7 Å². The summed E-state index contributed by atoms with van der Waals surface area (Å²) in [6.45, 7) is 9.29. The van der Waals surface area contributed by atoms with Gasteiger partial charge < -0.3 is 14.3 Å². The van der Waals surface area contributed by atoms with Gasteiger partial charge in [-0.2, -0.15) is 0 Å². The van der Waals surface area contributed by atoms with Gasteiger partial charge >= 0.3 is 0 Å². The molecule has 1 atom stereocenters. The molecule has 6 heteroatoms. The van der Waals surface area contributed by atoms with Crippen molar-refractivity contribution in [2.24, 2.45) is 0 Å². The molecule has 1 fully saturated rings. The summed E-state index contributed by atoms with van der Waals surface area (Å²) in [6, 6.07) is 11.9. The van der Waals surface area contributed by atoms with E-state index < -0.39 is 17.7 Å². The van der Waals surface area contributed by atoms with Crippen LogP contribution in [0.15, 0.2) is 52.5 Å². The third kappa shape index (κ3) is 3.71. The summed E-state index contributed by atoms with van der Waals surface area (Å²) in [6.07, 6.45) is 0. The number of furan rings is 1. The first-order chi connectivity index (χ1) is 15.6. The van der Waals surface area contributed by atoms with Gasteiger partial charge in [0, 0.05) is 11.3 Å². The number of aryl methyl sites for hydroxylation is 5. The maximum Gasteiger partial charge on any atom is 0.300 e. The number of carbonyl (C=O) groups excluding carboxylic acids is 2. The van der Waals surface area contributed by atoms with Gasteiger partial charge in [0.1, 0.15) is 29.1 Å². The van der Waals surface area contributed by atoms with Crippen molar-refractivity contribution in [3.8, 4) is 5.75 Å². The molecule has 170 valence electrons. The smallest absolute Gasteiger partial charge is 0.300 e. The summed E-state index contributed by atoms with van der Waals surface area (Å²) >= 11 is 0. The highest BCUT2D eigenvalue weighted by atomic mass is 16.5. The molecule has 0 radical (unpaired) electrons. The van der Waals surface area contributed by atoms with Crippen molar-refractivity contribution in [2.75, 3.05) is 12.0 Å². The summed E-state index contributed by atoms with van der Waals surface area (Å²) < 4.78 is 11.3. The Morgan fingerprint density at radius 2 is 1.67 bits per heavy atom. The maximum atomic E-state index is 13.3. The molecule has 1 amide bonds. The molecule has 0 aliphatic carbocycles. The van der Waals surface area contributed by atoms with Crippen molar-refractivity contribution in [1.29, 1.82) is 0 Å². The average molecular weight is 446 g/mol. The summed E-state index contributed by atoms with van der Waals surface area (Å²) in [5.74, 6) is 0.0548. The number of ketones is 1. The zero-order chi connectivity index (χ0) is 24.0. The molecule has 1 N–H and O–H groups in total. The van der Waals surface area contributed by atoms with E-state index >= 15 is 0 Å². The van der Waals surface area contributed by atoms with Crippen LogP contribution in [0.25, 0.3) is 5.76 Å². The van der Waals surface area contributed by atoms with Gasteiger partial charge in [-0.3, -0.25) is 14.5 Å². The lowest BCUT2D eigenvalue weighted by molar-refractivity contribution is -0.132. The van der Waals surface area contributed by atoms with Gasteiger partial charge in [-0.1, -0.05) is 12.1 Å². The topological polar surface area (TPSA) is 80.0 Å². The first-order valence-corrected chi connectivity index (χ1v) is 10.7. The van der Waals surface area contributed by atoms with Crippen LogP contribution >= 0.6 is 0 Å². The minimum Gasteiger partial charge on any atom is -0.507 e. The van der Waals surface area contributed by atoms with Crippen LogP contribution in [0.2, 0.25) is 0 Å². The fraction of sp³-hybridized carbons (Fsp3) is 0.259. The monoisotopic (exact) mass is 445 g/mol. The zero-order valence-corrected chi connectivity index (χ0v) is 19.6. The number of hydrogen-bond acceptors (Lipinski definition) is 5. The van der Waals surface area contributed by atoms with Crippen LogP contribution in [-0.4, -0.2) is 23.9 Å². The lowest BCUT2D eigenvalue weighted by Crippen LogP contribution is -2.30. The predicted octanol–water partition coefficient (Wildman–Crippen LogP) is 5.46. The normalized spacial score (nSPS) is 17.6. The number of anilines is 1. The fourth-order valence-electron chi connectivity index (χ4n) is 4.34. The summed E-state index contributed by atoms with van der Waals surface area (Å²) in [5, 5.41) is 11.4. The minimum atomic E-state index is -0.888. The molecule has 4 rings (SSSR count). The molecule has 6 nitrogen and oxygen atoms in total. The molecular formula is C27H27NO5. The third-order valence-electron chi connectivity index (χ3n) is 6.10. The van der Waals surface area contributed by atoms with Crippen molar-refractivity contribution < 1.29 is 23.8 Å². The van der Waals surface area contributed by atoms with E-state index in [0.717, 1.165) is 22.3 Å². The number of benzene rings is 2. The van der Waals surface area contributed by atoms with E-state index in [1.807, 2.05) is 45.9 Å². The number of aliphatic hydroxyl groups is 1. The molecule has 1 aliphatic heterocycles. The van der Waals surface area contributed by atoms with Crippen LogP contribution in [-0.2, 0) is 9.59 Å². The molecule has 0 saturated carbocycles. The Morgan fingerprint density at radius 3 is 2.30 bits per heavy atom. The van der Waals surface area contributed by atoms with Gasteiger partial charge in [0.15, 0.2) is 0 Å². The predicted molar refractivity (Wildman–Crippen MR) is 127 cm³/mol. The molecule has 1 unspecified atom stereocenters. The van der Waals surface area contributed by atoms with E-state index in [1.165, 1.54) is 4.90 Å². The van der Waals surface area contributed by atoms with E-state index in [4.69, 9.17) is 9.15 Å². The molecule has 1 aromatic heterocycles. The van der Waals surface area contributed by atoms with Gasteiger partial charge in [-0.25, -0.2) is 0 Å². The van der Waals surface area contributed by atoms with Gasteiger partial charge in [-0.05, 0) is 87.2 Å². The van der Waals surface area contributed by atoms with Gasteiger partial charge in [0.2, 0.25) is 0 Å². The highest BCUT2D eigenvalue weighted by molar-refractivity contribution is 6.51. The fourth-order valence-corrected chi connectivity index (χ4v) is 4.34. The van der Waals surface area contributed by atoms with Crippen molar-refractivity contribution >= 4 is 23.1 Å². The number of aliphatic hydroxyl groups excluding tert-OH is 1. The van der Waals surface area contributed by atoms with Crippen LogP contribution in [0.3, 0.4) is 0 Å². The summed E-state index contributed by atoms with van der Waals surface area (Å²) in [7, 11) is 1.58. The number of ether oxygens (including phenoxy) is 1. The number of Topliss-reactive ketones (excluding diaryl/α,β-unsaturated/α-hetero) is 1. The lowest BCUT2D eigenvalue weighted by atomic mass is 9.95. The molecular weight excluding hydrogens is 418 g/mol. The Bertz CT molecular complexity index is 1310. The number of nitrogens with zero attached hydrogens (tertiary/aromatic N) is 1. The Labute approximate surface area is 193 Å². The molecule has 1 aliphatic rings. The number of hydrogen-bond donors (Lipinski definition) is 1. The number of methoxy groups -OCH3 is 1. The second-order valence-electron chi connectivity index (χ2n) is 8.54. The zero-order valence-electron chi connectivity index (χ0n) is 19.6. The number of carbonyl (C=O) groups is 2. The summed E-state index contributed by atoms with van der Waals surface area (Å²) in [4.78, 5) is 28.1. The van der Waals surface area contributed by atoms with Crippen LogP contribution in [0.1, 0.15) is 45.4 Å². The summed E-state index contributed by atoms with van der Waals surface area (Å²) in [5.41, 5.74) is 4.41. The molecule has 1 saturated heterocycles. The van der Waals surface area contributed by atoms with Crippen molar-refractivity contribution in [3.05, 3.63) is 87.4 Å². The highest BCUT2D eigenvalue weighted by Crippen LogP contribution is 2.44. The van der Waals surface area contributed by atoms with Gasteiger partial charge in [-0.15, -0.1) is 0 Å². The number of rotatable bonds is 4. The Morgan fingerprint density at radius 1 is 0.939 bits per heavy atom. The third-order valence-corrected chi connectivity index (χ3v) is 6.10. The Balaban J connectivity index is 1.99. The van der Waals surface area contributed by atoms with Crippen molar-refractivity contribution in [1.82, 2.24) is 0 Å². The van der Waals surface area contributed by atoms with Gasteiger partial charge in [0.05, 0.1) is 12.7 Å². The second kappa shape index (κ2) is 8.28. The van der Waals surface area contributed by atoms with Crippen LogP contribution in [0.5, 0.6) is 5.75 Å². The quantitative estimate of drug-likeness (QED) is 0.328. The Kier molecular flexibility index (Phi) is 5.62. The largest absolute Gasteiger partial charge is 0.507 e. The molecule has 0 spiro atoms. The molecule has 2 aromatic carbocycles.